The molecule has 0 unspecified atom stereocenters. The van der Waals surface area contributed by atoms with Gasteiger partial charge in [-0.25, -0.2) is 0 Å². The fraction of sp³-hybridized carbons (Fsp3) is 0.188. The summed E-state index contributed by atoms with van der Waals surface area (Å²) in [5.74, 6) is 0.275. The number of carbonyl (C=O) groups is 1. The van der Waals surface area contributed by atoms with Crippen LogP contribution in [0.3, 0.4) is 0 Å². The molecule has 128 valence electrons. The maximum atomic E-state index is 12.8. The zero-order chi connectivity index (χ0) is 17.7. The highest BCUT2D eigenvalue weighted by molar-refractivity contribution is 9.10. The molecule has 0 saturated carbocycles. The summed E-state index contributed by atoms with van der Waals surface area (Å²) < 4.78 is 43.4. The lowest BCUT2D eigenvalue weighted by Gasteiger charge is -2.12. The smallest absolute Gasteiger partial charge is 0.417 e. The van der Waals surface area contributed by atoms with Crippen LogP contribution in [-0.4, -0.2) is 19.6 Å². The van der Waals surface area contributed by atoms with Gasteiger partial charge in [-0.3, -0.25) is 4.79 Å². The molecule has 0 aliphatic heterocycles. The van der Waals surface area contributed by atoms with Gasteiger partial charge in [-0.05, 0) is 42.5 Å². The molecule has 2 rings (SSSR count). The number of carbonyl (C=O) groups excluding carboxylic acids is 1. The van der Waals surface area contributed by atoms with Gasteiger partial charge >= 0.3 is 6.18 Å². The predicted octanol–water partition coefficient (Wildman–Crippen LogP) is 4.53. The molecular weight excluding hydrogens is 389 g/mol. The quantitative estimate of drug-likeness (QED) is 0.772. The lowest BCUT2D eigenvalue weighted by molar-refractivity contribution is -0.138. The van der Waals surface area contributed by atoms with E-state index in [0.717, 1.165) is 6.07 Å². The molecule has 1 amide bonds. The normalized spacial score (nSPS) is 11.0. The van der Waals surface area contributed by atoms with Gasteiger partial charge in [0.05, 0.1) is 19.2 Å². The molecule has 4 nitrogen and oxygen atoms in total. The fourth-order valence-electron chi connectivity index (χ4n) is 1.91. The van der Waals surface area contributed by atoms with Crippen LogP contribution >= 0.6 is 15.9 Å². The lowest BCUT2D eigenvalue weighted by Crippen LogP contribution is -2.22. The minimum atomic E-state index is -4.47. The zero-order valence-corrected chi connectivity index (χ0v) is 14.2. The molecule has 0 aromatic heterocycles. The number of alkyl halides is 3. The summed E-state index contributed by atoms with van der Waals surface area (Å²) in [5.41, 5.74) is -0.0344. The van der Waals surface area contributed by atoms with E-state index in [2.05, 4.69) is 26.6 Å². The van der Waals surface area contributed by atoms with Crippen LogP contribution in [0, 0.1) is 0 Å². The number of benzene rings is 2. The molecule has 2 aromatic carbocycles. The Morgan fingerprint density at radius 2 is 1.75 bits per heavy atom. The van der Waals surface area contributed by atoms with E-state index in [1.807, 2.05) is 0 Å². The maximum Gasteiger partial charge on any atom is 0.417 e. The van der Waals surface area contributed by atoms with Gasteiger partial charge in [-0.2, -0.15) is 13.2 Å². The van der Waals surface area contributed by atoms with Crippen molar-refractivity contribution in [2.24, 2.45) is 0 Å². The Kier molecular flexibility index (Phi) is 5.71. The summed E-state index contributed by atoms with van der Waals surface area (Å²) in [6, 6.07) is 10.4. The van der Waals surface area contributed by atoms with Gasteiger partial charge in [0, 0.05) is 15.8 Å². The van der Waals surface area contributed by atoms with Gasteiger partial charge in [0.2, 0.25) is 5.91 Å². The highest BCUT2D eigenvalue weighted by Crippen LogP contribution is 2.36. The number of ether oxygens (including phenoxy) is 1. The highest BCUT2D eigenvalue weighted by Gasteiger charge is 2.33. The molecule has 0 saturated heterocycles. The van der Waals surface area contributed by atoms with E-state index in [-0.39, 0.29) is 22.6 Å². The van der Waals surface area contributed by atoms with Crippen molar-refractivity contribution >= 4 is 33.2 Å². The number of hydrogen-bond acceptors (Lipinski definition) is 3. The molecule has 0 spiro atoms. The van der Waals surface area contributed by atoms with Crippen LogP contribution in [0.5, 0.6) is 5.75 Å². The third-order valence-corrected chi connectivity index (χ3v) is 3.79. The van der Waals surface area contributed by atoms with Gasteiger partial charge < -0.3 is 15.4 Å². The highest BCUT2D eigenvalue weighted by atomic mass is 79.9. The van der Waals surface area contributed by atoms with E-state index in [1.165, 1.54) is 19.2 Å². The second-order valence-corrected chi connectivity index (χ2v) is 5.68. The van der Waals surface area contributed by atoms with Gasteiger partial charge in [0.25, 0.3) is 0 Å². The van der Waals surface area contributed by atoms with Crippen molar-refractivity contribution in [3.05, 3.63) is 52.5 Å². The summed E-state index contributed by atoms with van der Waals surface area (Å²) in [7, 11) is 1.53. The number of rotatable bonds is 5. The molecule has 0 atom stereocenters. The van der Waals surface area contributed by atoms with E-state index in [9.17, 15) is 18.0 Å². The van der Waals surface area contributed by atoms with Crippen molar-refractivity contribution in [2.75, 3.05) is 24.3 Å². The van der Waals surface area contributed by atoms with Crippen molar-refractivity contribution in [3.63, 3.8) is 0 Å². The minimum absolute atomic E-state index is 0.0526. The van der Waals surface area contributed by atoms with Gasteiger partial charge in [-0.15, -0.1) is 0 Å². The van der Waals surface area contributed by atoms with Crippen molar-refractivity contribution in [3.8, 4) is 5.75 Å². The van der Waals surface area contributed by atoms with E-state index in [0.29, 0.717) is 11.4 Å². The van der Waals surface area contributed by atoms with Crippen molar-refractivity contribution < 1.29 is 22.7 Å². The first-order chi connectivity index (χ1) is 11.3. The van der Waals surface area contributed by atoms with Crippen LogP contribution < -0.4 is 15.4 Å². The zero-order valence-electron chi connectivity index (χ0n) is 12.6. The Hall–Kier alpha value is -2.22. The van der Waals surface area contributed by atoms with Gasteiger partial charge in [-0.1, -0.05) is 15.9 Å². The van der Waals surface area contributed by atoms with Gasteiger partial charge in [0.1, 0.15) is 5.75 Å². The molecule has 0 fully saturated rings. The van der Waals surface area contributed by atoms with E-state index in [1.54, 1.807) is 24.3 Å². The van der Waals surface area contributed by atoms with Crippen molar-refractivity contribution in [1.29, 1.82) is 0 Å². The van der Waals surface area contributed by atoms with Crippen molar-refractivity contribution in [1.82, 2.24) is 0 Å². The van der Waals surface area contributed by atoms with Crippen molar-refractivity contribution in [2.45, 2.75) is 6.18 Å². The number of methoxy groups -OCH3 is 1. The molecule has 2 N–H and O–H groups in total. The first kappa shape index (κ1) is 18.1. The number of hydrogen-bond donors (Lipinski definition) is 2. The largest absolute Gasteiger partial charge is 0.497 e. The van der Waals surface area contributed by atoms with E-state index >= 15 is 0 Å². The summed E-state index contributed by atoms with van der Waals surface area (Å²) in [6.45, 7) is -0.162. The molecule has 0 radical (unpaired) electrons. The Morgan fingerprint density at radius 3 is 2.33 bits per heavy atom. The summed E-state index contributed by atoms with van der Waals surface area (Å²) in [5, 5.41) is 5.30. The minimum Gasteiger partial charge on any atom is -0.497 e. The average Bonchev–Trinajstić information content (AvgIpc) is 2.53. The first-order valence-electron chi connectivity index (χ1n) is 6.84. The Labute approximate surface area is 145 Å². The number of anilines is 2. The Morgan fingerprint density at radius 1 is 1.12 bits per heavy atom. The maximum absolute atomic E-state index is 12.8. The van der Waals surface area contributed by atoms with Crippen LogP contribution in [0.15, 0.2) is 46.9 Å². The molecule has 0 aliphatic carbocycles. The average molecular weight is 403 g/mol. The second kappa shape index (κ2) is 7.57. The topological polar surface area (TPSA) is 50.4 Å². The third kappa shape index (κ3) is 4.89. The summed E-state index contributed by atoms with van der Waals surface area (Å²) >= 11 is 2.86. The van der Waals surface area contributed by atoms with E-state index in [4.69, 9.17) is 4.74 Å². The molecule has 2 aromatic rings. The molecule has 24 heavy (non-hydrogen) atoms. The standard InChI is InChI=1S/C16H14BrF3N2O2/c1-24-12-5-2-10(3-6-12)22-15(23)9-21-11-4-7-14(17)13(8-11)16(18,19)20/h2-8,21H,9H2,1H3,(H,22,23). The van der Waals surface area contributed by atoms with Crippen LogP contribution in [-0.2, 0) is 11.0 Å². The van der Waals surface area contributed by atoms with E-state index < -0.39 is 11.7 Å². The van der Waals surface area contributed by atoms with Crippen LogP contribution in [0.25, 0.3) is 0 Å². The summed E-state index contributed by atoms with van der Waals surface area (Å²) in [4.78, 5) is 11.9. The first-order valence-corrected chi connectivity index (χ1v) is 7.63. The molecule has 8 heteroatoms. The molecule has 0 aliphatic rings. The molecular formula is C16H14BrF3N2O2. The Balaban J connectivity index is 1.96. The van der Waals surface area contributed by atoms with Crippen LogP contribution in [0.1, 0.15) is 5.56 Å². The second-order valence-electron chi connectivity index (χ2n) is 4.82. The molecule has 0 heterocycles. The number of halogens is 4. The Bertz CT molecular complexity index is 718. The van der Waals surface area contributed by atoms with Crippen LogP contribution in [0.2, 0.25) is 0 Å². The number of amides is 1. The van der Waals surface area contributed by atoms with Gasteiger partial charge in [0.15, 0.2) is 0 Å². The monoisotopic (exact) mass is 402 g/mol. The molecule has 0 bridgehead atoms. The van der Waals surface area contributed by atoms with Crippen LogP contribution in [0.4, 0.5) is 24.5 Å². The fourth-order valence-corrected chi connectivity index (χ4v) is 2.39. The lowest BCUT2D eigenvalue weighted by atomic mass is 10.2. The third-order valence-electron chi connectivity index (χ3n) is 3.10. The number of nitrogens with one attached hydrogen (secondary N) is 2. The summed E-state index contributed by atoms with van der Waals surface area (Å²) in [6.07, 6.45) is -4.47. The SMILES string of the molecule is COc1ccc(NC(=O)CNc2ccc(Br)c(C(F)(F)F)c2)cc1. The predicted molar refractivity (Wildman–Crippen MR) is 89.3 cm³/mol.